The predicted octanol–water partition coefficient (Wildman–Crippen LogP) is 4.07. The second-order valence-electron chi connectivity index (χ2n) is 7.67. The van der Waals surface area contributed by atoms with Crippen LogP contribution in [0.4, 0.5) is 19.0 Å². The number of fused-ring (bicyclic) bond motifs is 1. The molecule has 0 aliphatic heterocycles. The van der Waals surface area contributed by atoms with Crippen molar-refractivity contribution in [1.82, 2.24) is 9.97 Å². The van der Waals surface area contributed by atoms with E-state index in [-0.39, 0.29) is 35.1 Å². The number of ether oxygens (including phenoxy) is 2. The largest absolute Gasteiger partial charge is 0.534 e. The Labute approximate surface area is 199 Å². The van der Waals surface area contributed by atoms with Crippen molar-refractivity contribution < 1.29 is 40.0 Å². The van der Waals surface area contributed by atoms with Gasteiger partial charge in [-0.15, -0.1) is 0 Å². The maximum absolute atomic E-state index is 12.9. The van der Waals surface area contributed by atoms with E-state index >= 15 is 0 Å². The molecule has 0 saturated carbocycles. The van der Waals surface area contributed by atoms with Gasteiger partial charge in [-0.25, -0.2) is 14.8 Å². The highest BCUT2D eigenvalue weighted by atomic mass is 32.2. The van der Waals surface area contributed by atoms with Crippen LogP contribution in [0, 0.1) is 0 Å². The summed E-state index contributed by atoms with van der Waals surface area (Å²) in [5, 5.41) is 0. The Bertz CT molecular complexity index is 1330. The molecule has 3 rings (SSSR count). The summed E-state index contributed by atoms with van der Waals surface area (Å²) in [4.78, 5) is 22.1. The van der Waals surface area contributed by atoms with Crippen molar-refractivity contribution in [3.8, 4) is 11.6 Å². The Morgan fingerprint density at radius 3 is 2.29 bits per heavy atom. The van der Waals surface area contributed by atoms with E-state index in [1.165, 1.54) is 37.3 Å². The third-order valence-electron chi connectivity index (χ3n) is 4.96. The molecule has 0 spiro atoms. The average molecular weight is 513 g/mol. The zero-order chi connectivity index (χ0) is 26.0. The normalized spacial score (nSPS) is 12.0. The van der Waals surface area contributed by atoms with Crippen molar-refractivity contribution in [1.29, 1.82) is 0 Å². The highest BCUT2D eigenvalue weighted by molar-refractivity contribution is 7.88. The summed E-state index contributed by atoms with van der Waals surface area (Å²) in [6, 6.07) is 10.6. The fraction of sp³-hybridized carbons (Fsp3) is 0.318. The predicted molar refractivity (Wildman–Crippen MR) is 121 cm³/mol. The number of carbonyl (C=O) groups is 1. The summed E-state index contributed by atoms with van der Waals surface area (Å²) in [5.41, 5.74) is -4.65. The molecule has 9 nitrogen and oxygen atoms in total. The Balaban J connectivity index is 1.92. The van der Waals surface area contributed by atoms with Crippen LogP contribution in [0.25, 0.3) is 11.0 Å². The van der Waals surface area contributed by atoms with E-state index in [1.807, 2.05) is 0 Å². The summed E-state index contributed by atoms with van der Waals surface area (Å²) >= 11 is 0. The first-order valence-electron chi connectivity index (χ1n) is 10.2. The molecule has 13 heteroatoms. The molecule has 1 heterocycles. The smallest absolute Gasteiger partial charge is 0.497 e. The Hall–Kier alpha value is -3.61. The summed E-state index contributed by atoms with van der Waals surface area (Å²) < 4.78 is 76.4. The number of nitrogens with zero attached hydrogens (tertiary/aromatic N) is 3. The number of rotatable bonds is 8. The summed E-state index contributed by atoms with van der Waals surface area (Å²) in [7, 11) is -2.95. The fourth-order valence-corrected chi connectivity index (χ4v) is 3.21. The van der Waals surface area contributed by atoms with Crippen LogP contribution in [0.5, 0.6) is 11.6 Å². The number of esters is 1. The Morgan fingerprint density at radius 1 is 1.06 bits per heavy atom. The number of aromatic nitrogens is 2. The lowest BCUT2D eigenvalue weighted by Gasteiger charge is -2.24. The van der Waals surface area contributed by atoms with Crippen LogP contribution < -0.4 is 13.8 Å². The van der Waals surface area contributed by atoms with E-state index in [9.17, 15) is 26.4 Å². The van der Waals surface area contributed by atoms with Gasteiger partial charge >= 0.3 is 21.6 Å². The number of methoxy groups -OCH3 is 1. The molecule has 0 N–H and O–H groups in total. The molecule has 0 atom stereocenters. The second kappa shape index (κ2) is 9.94. The minimum absolute atomic E-state index is 0.00401. The van der Waals surface area contributed by atoms with Crippen LogP contribution in [0.2, 0.25) is 0 Å². The van der Waals surface area contributed by atoms with Crippen molar-refractivity contribution >= 4 is 32.9 Å². The molecule has 0 radical (unpaired) electrons. The lowest BCUT2D eigenvalue weighted by atomic mass is 10.2. The lowest BCUT2D eigenvalue weighted by Crippen LogP contribution is -2.31. The van der Waals surface area contributed by atoms with Crippen LogP contribution in [0.1, 0.15) is 29.8 Å². The number of halogens is 3. The molecule has 35 heavy (non-hydrogen) atoms. The summed E-state index contributed by atoms with van der Waals surface area (Å²) in [5.74, 6) is -1.09. The van der Waals surface area contributed by atoms with Crippen LogP contribution >= 0.6 is 0 Å². The van der Waals surface area contributed by atoms with Gasteiger partial charge in [0.1, 0.15) is 12.4 Å². The molecule has 188 valence electrons. The van der Waals surface area contributed by atoms with Crippen molar-refractivity contribution in [2.75, 3.05) is 19.1 Å². The third kappa shape index (κ3) is 5.91. The van der Waals surface area contributed by atoms with Gasteiger partial charge < -0.3 is 18.6 Å². The number of benzene rings is 2. The standard InChI is InChI=1S/C22H22F3N3O6S/c1-13(2)28(3)19-20(34-35(30,31)22(23,24)25)27-17-10-7-15(11-18(17)26-19)21(29)33-12-14-5-8-16(32-4)9-6-14/h5-11,13H,12H2,1-4H3. The topological polar surface area (TPSA) is 108 Å². The average Bonchev–Trinajstić information content (AvgIpc) is 2.80. The van der Waals surface area contributed by atoms with Gasteiger partial charge in [-0.05, 0) is 49.7 Å². The number of hydrogen-bond donors (Lipinski definition) is 0. The first kappa shape index (κ1) is 26.0. The van der Waals surface area contributed by atoms with Gasteiger partial charge in [0.25, 0.3) is 5.88 Å². The number of hydrogen-bond acceptors (Lipinski definition) is 9. The lowest BCUT2D eigenvalue weighted by molar-refractivity contribution is -0.0501. The van der Waals surface area contributed by atoms with E-state index in [0.29, 0.717) is 5.75 Å². The quantitative estimate of drug-likeness (QED) is 0.250. The molecule has 0 unspecified atom stereocenters. The van der Waals surface area contributed by atoms with Gasteiger partial charge in [-0.2, -0.15) is 21.6 Å². The van der Waals surface area contributed by atoms with Crippen LogP contribution in [0.3, 0.4) is 0 Å². The Kier molecular flexibility index (Phi) is 7.38. The number of carbonyl (C=O) groups excluding carboxylic acids is 1. The minimum Gasteiger partial charge on any atom is -0.497 e. The van der Waals surface area contributed by atoms with Gasteiger partial charge in [0.05, 0.1) is 23.7 Å². The first-order valence-corrected chi connectivity index (χ1v) is 11.6. The van der Waals surface area contributed by atoms with Crippen molar-refractivity contribution in [3.05, 3.63) is 53.6 Å². The van der Waals surface area contributed by atoms with Crippen LogP contribution in [-0.2, 0) is 21.5 Å². The first-order chi connectivity index (χ1) is 16.3. The summed E-state index contributed by atoms with van der Waals surface area (Å²) in [6.07, 6.45) is 0. The van der Waals surface area contributed by atoms with Crippen molar-refractivity contribution in [3.63, 3.8) is 0 Å². The van der Waals surface area contributed by atoms with Gasteiger partial charge in [0, 0.05) is 13.1 Å². The monoisotopic (exact) mass is 513 g/mol. The van der Waals surface area contributed by atoms with Gasteiger partial charge in [-0.1, -0.05) is 12.1 Å². The van der Waals surface area contributed by atoms with Gasteiger partial charge in [-0.3, -0.25) is 0 Å². The molecule has 0 aliphatic rings. The SMILES string of the molecule is COc1ccc(COC(=O)c2ccc3nc(OS(=O)(=O)C(F)(F)F)c(N(C)C(C)C)nc3c2)cc1. The second-order valence-corrected chi connectivity index (χ2v) is 9.21. The molecular weight excluding hydrogens is 491 g/mol. The molecule has 0 bridgehead atoms. The Morgan fingerprint density at radius 2 is 1.71 bits per heavy atom. The van der Waals surface area contributed by atoms with Gasteiger partial charge in [0.2, 0.25) is 0 Å². The maximum atomic E-state index is 12.9. The highest BCUT2D eigenvalue weighted by Gasteiger charge is 2.49. The van der Waals surface area contributed by atoms with Crippen molar-refractivity contribution in [2.45, 2.75) is 32.0 Å². The van der Waals surface area contributed by atoms with E-state index in [2.05, 4.69) is 14.2 Å². The zero-order valence-electron chi connectivity index (χ0n) is 19.2. The zero-order valence-corrected chi connectivity index (χ0v) is 20.0. The number of anilines is 1. The molecule has 2 aromatic carbocycles. The molecule has 0 saturated heterocycles. The van der Waals surface area contributed by atoms with E-state index in [1.54, 1.807) is 38.1 Å². The van der Waals surface area contributed by atoms with Crippen LogP contribution in [0.15, 0.2) is 42.5 Å². The van der Waals surface area contributed by atoms with Crippen LogP contribution in [-0.4, -0.2) is 50.1 Å². The van der Waals surface area contributed by atoms with E-state index in [4.69, 9.17) is 9.47 Å². The minimum atomic E-state index is -5.97. The third-order valence-corrected chi connectivity index (χ3v) is 5.90. The molecule has 3 aromatic rings. The molecule has 0 amide bonds. The maximum Gasteiger partial charge on any atom is 0.534 e. The molecule has 0 fully saturated rings. The fourth-order valence-electron chi connectivity index (χ4n) is 2.79. The van der Waals surface area contributed by atoms with E-state index < -0.39 is 27.5 Å². The van der Waals surface area contributed by atoms with Crippen molar-refractivity contribution in [2.24, 2.45) is 0 Å². The highest BCUT2D eigenvalue weighted by Crippen LogP contribution is 2.33. The van der Waals surface area contributed by atoms with E-state index in [0.717, 1.165) is 5.56 Å². The summed E-state index contributed by atoms with van der Waals surface area (Å²) in [6.45, 7) is 3.41. The molecular formula is C22H22F3N3O6S. The molecule has 0 aliphatic carbocycles. The number of alkyl halides is 3. The molecule has 1 aromatic heterocycles. The van der Waals surface area contributed by atoms with Gasteiger partial charge in [0.15, 0.2) is 5.82 Å².